The quantitative estimate of drug-likeness (QED) is 0.814. The van der Waals surface area contributed by atoms with Crippen LogP contribution in [0.15, 0.2) is 18.2 Å². The van der Waals surface area contributed by atoms with Crippen molar-refractivity contribution in [3.63, 3.8) is 0 Å². The maximum atomic E-state index is 8.68. The number of anilines is 1. The molecule has 0 saturated heterocycles. The topological polar surface area (TPSA) is 48.7 Å². The summed E-state index contributed by atoms with van der Waals surface area (Å²) in [6, 6.07) is 7.52. The number of nitrogens with one attached hydrogen (secondary N) is 1. The van der Waals surface area contributed by atoms with Crippen molar-refractivity contribution in [2.45, 2.75) is 25.7 Å². The number of nitriles is 1. The fraction of sp³-hybridized carbons (Fsp3) is 0.500. The monoisotopic (exact) mass is 201 g/mol. The van der Waals surface area contributed by atoms with Crippen molar-refractivity contribution < 1.29 is 0 Å². The van der Waals surface area contributed by atoms with Gasteiger partial charge < -0.3 is 5.32 Å². The number of hydrogen-bond donors (Lipinski definition) is 1. The Kier molecular flexibility index (Phi) is 3.18. The van der Waals surface area contributed by atoms with Crippen LogP contribution < -0.4 is 5.32 Å². The highest BCUT2D eigenvalue weighted by molar-refractivity contribution is 5.38. The fourth-order valence-electron chi connectivity index (χ4n) is 1.78. The van der Waals surface area contributed by atoms with Gasteiger partial charge in [-0.25, -0.2) is 4.98 Å². The van der Waals surface area contributed by atoms with Gasteiger partial charge in [-0.2, -0.15) is 5.26 Å². The van der Waals surface area contributed by atoms with Gasteiger partial charge in [-0.15, -0.1) is 0 Å². The van der Waals surface area contributed by atoms with Gasteiger partial charge in [-0.1, -0.05) is 25.3 Å². The highest BCUT2D eigenvalue weighted by atomic mass is 15.0. The number of hydrogen-bond acceptors (Lipinski definition) is 3. The van der Waals surface area contributed by atoms with E-state index in [4.69, 9.17) is 5.26 Å². The first-order chi connectivity index (χ1) is 7.38. The van der Waals surface area contributed by atoms with Gasteiger partial charge >= 0.3 is 0 Å². The maximum absolute atomic E-state index is 8.68. The van der Waals surface area contributed by atoms with Crippen LogP contribution in [0.2, 0.25) is 0 Å². The summed E-state index contributed by atoms with van der Waals surface area (Å²) in [7, 11) is 0. The lowest BCUT2D eigenvalue weighted by molar-refractivity contribution is 0.303. The summed E-state index contributed by atoms with van der Waals surface area (Å²) in [4.78, 5) is 4.16. The molecule has 1 N–H and O–H groups in total. The predicted molar refractivity (Wildman–Crippen MR) is 59.4 cm³/mol. The molecule has 0 unspecified atom stereocenters. The summed E-state index contributed by atoms with van der Waals surface area (Å²) in [6.45, 7) is 0.965. The fourth-order valence-corrected chi connectivity index (χ4v) is 1.78. The van der Waals surface area contributed by atoms with Crippen LogP contribution in [-0.4, -0.2) is 11.5 Å². The number of nitrogens with zero attached hydrogens (tertiary/aromatic N) is 2. The molecule has 0 aliphatic heterocycles. The zero-order valence-corrected chi connectivity index (χ0v) is 8.74. The molecular weight excluding hydrogens is 186 g/mol. The molecule has 3 heteroatoms. The van der Waals surface area contributed by atoms with E-state index in [1.807, 2.05) is 18.2 Å². The first kappa shape index (κ1) is 9.97. The molecule has 3 nitrogen and oxygen atoms in total. The zero-order valence-electron chi connectivity index (χ0n) is 8.74. The zero-order chi connectivity index (χ0) is 10.5. The van der Waals surface area contributed by atoms with Crippen molar-refractivity contribution in [3.05, 3.63) is 23.9 Å². The number of rotatable bonds is 4. The third-order valence-corrected chi connectivity index (χ3v) is 2.95. The van der Waals surface area contributed by atoms with Crippen molar-refractivity contribution >= 4 is 5.82 Å². The number of pyridine rings is 1. The number of aromatic nitrogens is 1. The molecule has 0 amide bonds. The van der Waals surface area contributed by atoms with Gasteiger partial charge in [0, 0.05) is 6.54 Å². The Balaban J connectivity index is 1.79. The second kappa shape index (κ2) is 4.79. The summed E-state index contributed by atoms with van der Waals surface area (Å²) in [6.07, 6.45) is 5.38. The van der Waals surface area contributed by atoms with Gasteiger partial charge in [-0.05, 0) is 24.5 Å². The SMILES string of the molecule is N#Cc1cccc(NCCC2CCC2)n1. The summed E-state index contributed by atoms with van der Waals surface area (Å²) in [5, 5.41) is 11.9. The minimum Gasteiger partial charge on any atom is -0.370 e. The molecule has 0 bridgehead atoms. The predicted octanol–water partition coefficient (Wildman–Crippen LogP) is 2.56. The molecule has 1 heterocycles. The van der Waals surface area contributed by atoms with E-state index in [1.54, 1.807) is 6.07 Å². The van der Waals surface area contributed by atoms with Crippen molar-refractivity contribution in [2.75, 3.05) is 11.9 Å². The van der Waals surface area contributed by atoms with Crippen LogP contribution in [-0.2, 0) is 0 Å². The third-order valence-electron chi connectivity index (χ3n) is 2.95. The maximum Gasteiger partial charge on any atom is 0.142 e. The lowest BCUT2D eigenvalue weighted by Gasteiger charge is -2.25. The Bertz CT molecular complexity index is 363. The summed E-state index contributed by atoms with van der Waals surface area (Å²) in [5.41, 5.74) is 0.476. The molecule has 2 rings (SSSR count). The second-order valence-electron chi connectivity index (χ2n) is 4.03. The van der Waals surface area contributed by atoms with Crippen LogP contribution in [0.3, 0.4) is 0 Å². The summed E-state index contributed by atoms with van der Waals surface area (Å²) >= 11 is 0. The molecule has 1 aliphatic carbocycles. The smallest absolute Gasteiger partial charge is 0.142 e. The van der Waals surface area contributed by atoms with Gasteiger partial charge in [0.2, 0.25) is 0 Å². The van der Waals surface area contributed by atoms with Crippen LogP contribution in [0.4, 0.5) is 5.82 Å². The highest BCUT2D eigenvalue weighted by Gasteiger charge is 2.16. The van der Waals surface area contributed by atoms with E-state index in [-0.39, 0.29) is 0 Å². The van der Waals surface area contributed by atoms with Crippen molar-refractivity contribution in [1.29, 1.82) is 5.26 Å². The van der Waals surface area contributed by atoms with Gasteiger partial charge in [0.05, 0.1) is 0 Å². The molecule has 1 aromatic heterocycles. The molecule has 1 saturated carbocycles. The first-order valence-electron chi connectivity index (χ1n) is 5.49. The van der Waals surface area contributed by atoms with Crippen LogP contribution in [0.1, 0.15) is 31.4 Å². The standard InChI is InChI=1S/C12H15N3/c13-9-11-5-2-6-12(15-11)14-8-7-10-3-1-4-10/h2,5-6,10H,1,3-4,7-8H2,(H,14,15). The molecule has 0 atom stereocenters. The largest absolute Gasteiger partial charge is 0.370 e. The van der Waals surface area contributed by atoms with Crippen LogP contribution in [0.25, 0.3) is 0 Å². The first-order valence-corrected chi connectivity index (χ1v) is 5.49. The van der Waals surface area contributed by atoms with Gasteiger partial charge in [0.15, 0.2) is 0 Å². The Morgan fingerprint density at radius 2 is 2.33 bits per heavy atom. The highest BCUT2D eigenvalue weighted by Crippen LogP contribution is 2.28. The molecule has 0 spiro atoms. The average molecular weight is 201 g/mol. The van der Waals surface area contributed by atoms with Crippen LogP contribution in [0, 0.1) is 17.2 Å². The second-order valence-corrected chi connectivity index (χ2v) is 4.03. The van der Waals surface area contributed by atoms with Crippen molar-refractivity contribution in [2.24, 2.45) is 5.92 Å². The molecular formula is C12H15N3. The normalized spacial score (nSPS) is 15.4. The minimum atomic E-state index is 0.476. The molecule has 1 aliphatic rings. The Hall–Kier alpha value is -1.56. The minimum absolute atomic E-state index is 0.476. The summed E-state index contributed by atoms with van der Waals surface area (Å²) < 4.78 is 0. The summed E-state index contributed by atoms with van der Waals surface area (Å²) in [5.74, 6) is 1.73. The lowest BCUT2D eigenvalue weighted by Crippen LogP contribution is -2.16. The molecule has 1 fully saturated rings. The van der Waals surface area contributed by atoms with E-state index in [0.717, 1.165) is 18.3 Å². The van der Waals surface area contributed by atoms with Crippen LogP contribution in [0.5, 0.6) is 0 Å². The van der Waals surface area contributed by atoms with E-state index in [1.165, 1.54) is 25.7 Å². The Morgan fingerprint density at radius 1 is 1.47 bits per heavy atom. The van der Waals surface area contributed by atoms with E-state index in [0.29, 0.717) is 5.69 Å². The van der Waals surface area contributed by atoms with Crippen molar-refractivity contribution in [1.82, 2.24) is 4.98 Å². The van der Waals surface area contributed by atoms with E-state index in [9.17, 15) is 0 Å². The van der Waals surface area contributed by atoms with Gasteiger partial charge in [0.25, 0.3) is 0 Å². The Labute approximate surface area is 90.1 Å². The van der Waals surface area contributed by atoms with Crippen LogP contribution >= 0.6 is 0 Å². The average Bonchev–Trinajstić information content (AvgIpc) is 2.22. The van der Waals surface area contributed by atoms with E-state index in [2.05, 4.69) is 10.3 Å². The molecule has 15 heavy (non-hydrogen) atoms. The van der Waals surface area contributed by atoms with Crippen molar-refractivity contribution in [3.8, 4) is 6.07 Å². The van der Waals surface area contributed by atoms with E-state index >= 15 is 0 Å². The molecule has 0 aromatic carbocycles. The third kappa shape index (κ3) is 2.69. The van der Waals surface area contributed by atoms with Gasteiger partial charge in [-0.3, -0.25) is 0 Å². The molecule has 0 radical (unpaired) electrons. The van der Waals surface area contributed by atoms with Gasteiger partial charge in [0.1, 0.15) is 17.6 Å². The van der Waals surface area contributed by atoms with E-state index < -0.39 is 0 Å². The Morgan fingerprint density at radius 3 is 3.00 bits per heavy atom. The molecule has 78 valence electrons. The lowest BCUT2D eigenvalue weighted by atomic mass is 9.83. The molecule has 1 aromatic rings.